The number of alkyl halides is 3. The predicted octanol–water partition coefficient (Wildman–Crippen LogP) is 4.57. The summed E-state index contributed by atoms with van der Waals surface area (Å²) < 4.78 is 46.3. The second-order valence-electron chi connectivity index (χ2n) is 6.48. The molecule has 0 aliphatic carbocycles. The van der Waals surface area contributed by atoms with E-state index in [2.05, 4.69) is 20.4 Å². The van der Waals surface area contributed by atoms with Crippen LogP contribution < -0.4 is 10.1 Å². The van der Waals surface area contributed by atoms with Crippen molar-refractivity contribution in [1.29, 1.82) is 0 Å². The fraction of sp³-hybridized carbons (Fsp3) is 0.238. The minimum absolute atomic E-state index is 0.218. The molecule has 174 valence electrons. The molecule has 4 aromatic rings. The van der Waals surface area contributed by atoms with E-state index in [1.54, 1.807) is 24.3 Å². The molecule has 0 aliphatic rings. The number of amides is 1. The van der Waals surface area contributed by atoms with Crippen molar-refractivity contribution in [3.05, 3.63) is 60.3 Å². The van der Waals surface area contributed by atoms with Gasteiger partial charge in [-0.05, 0) is 24.3 Å². The van der Waals surface area contributed by atoms with Gasteiger partial charge in [-0.15, -0.1) is 0 Å². The number of hydrogen-bond acceptors (Lipinski definition) is 6. The first-order valence-electron chi connectivity index (χ1n) is 9.88. The van der Waals surface area contributed by atoms with Crippen molar-refractivity contribution in [3.63, 3.8) is 0 Å². The van der Waals surface area contributed by atoms with E-state index in [1.807, 2.05) is 13.8 Å². The van der Waals surface area contributed by atoms with Crippen LogP contribution in [-0.4, -0.2) is 35.5 Å². The Morgan fingerprint density at radius 2 is 1.91 bits per heavy atom. The van der Waals surface area contributed by atoms with E-state index >= 15 is 0 Å². The monoisotopic (exact) mass is 462 g/mol. The lowest BCUT2D eigenvalue weighted by Crippen LogP contribution is -2.18. The summed E-state index contributed by atoms with van der Waals surface area (Å²) in [4.78, 5) is 20.4. The number of aryl methyl sites for hydroxylation is 1. The molecule has 3 heterocycles. The number of halogens is 3. The van der Waals surface area contributed by atoms with Gasteiger partial charge in [0.15, 0.2) is 5.82 Å². The first kappa shape index (κ1) is 23.7. The summed E-state index contributed by atoms with van der Waals surface area (Å²) in [7, 11) is 1.15. The number of anilines is 1. The number of aliphatic hydroxyl groups excluding tert-OH is 1. The molecular weight excluding hydrogens is 441 g/mol. The first-order valence-corrected chi connectivity index (χ1v) is 9.88. The number of hydrogen-bond donors (Lipinski definition) is 2. The molecule has 0 saturated carbocycles. The van der Waals surface area contributed by atoms with Gasteiger partial charge in [0.25, 0.3) is 0 Å². The number of nitrogens with zero attached hydrogens (tertiary/aromatic N) is 5. The van der Waals surface area contributed by atoms with E-state index in [-0.39, 0.29) is 18.3 Å². The van der Waals surface area contributed by atoms with Crippen molar-refractivity contribution in [2.24, 2.45) is 7.05 Å². The molecule has 0 radical (unpaired) electrons. The zero-order valence-corrected chi connectivity index (χ0v) is 18.0. The van der Waals surface area contributed by atoms with E-state index in [0.29, 0.717) is 27.0 Å². The van der Waals surface area contributed by atoms with Gasteiger partial charge >= 0.3 is 12.2 Å². The van der Waals surface area contributed by atoms with Gasteiger partial charge in [-0.2, -0.15) is 18.3 Å². The number of benzene rings is 1. The minimum Gasteiger partial charge on any atom is -0.439 e. The van der Waals surface area contributed by atoms with Crippen LogP contribution in [0, 0.1) is 0 Å². The van der Waals surface area contributed by atoms with Crippen LogP contribution in [0.25, 0.3) is 10.9 Å². The largest absolute Gasteiger partial charge is 0.439 e. The van der Waals surface area contributed by atoms with E-state index in [1.165, 1.54) is 23.2 Å². The van der Waals surface area contributed by atoms with Crippen LogP contribution >= 0.6 is 0 Å². The summed E-state index contributed by atoms with van der Waals surface area (Å²) in [5.74, 6) is 0.462. The summed E-state index contributed by atoms with van der Waals surface area (Å²) in [5.41, 5.74) is -0.0660. The van der Waals surface area contributed by atoms with Gasteiger partial charge in [0, 0.05) is 30.8 Å². The maximum absolute atomic E-state index is 12.9. The highest BCUT2D eigenvalue weighted by atomic mass is 19.4. The summed E-state index contributed by atoms with van der Waals surface area (Å²) in [6, 6.07) is 8.14. The molecule has 0 bridgehead atoms. The molecule has 0 saturated heterocycles. The molecule has 0 atom stereocenters. The number of carbonyl (C=O) groups excluding carboxylic acids is 1. The number of aromatic nitrogens is 5. The Morgan fingerprint density at radius 1 is 1.15 bits per heavy atom. The summed E-state index contributed by atoms with van der Waals surface area (Å²) in [6.45, 7) is 3.75. The number of nitrogens with one attached hydrogen (secondary N) is 1. The fourth-order valence-corrected chi connectivity index (χ4v) is 2.96. The van der Waals surface area contributed by atoms with Gasteiger partial charge in [0.1, 0.15) is 17.8 Å². The van der Waals surface area contributed by atoms with Gasteiger partial charge in [0.2, 0.25) is 5.88 Å². The van der Waals surface area contributed by atoms with E-state index in [4.69, 9.17) is 9.84 Å². The van der Waals surface area contributed by atoms with Crippen molar-refractivity contribution in [3.8, 4) is 11.6 Å². The second kappa shape index (κ2) is 9.69. The Kier molecular flexibility index (Phi) is 6.97. The summed E-state index contributed by atoms with van der Waals surface area (Å²) in [6.07, 6.45) is -1.84. The van der Waals surface area contributed by atoms with Gasteiger partial charge in [0.05, 0.1) is 17.8 Å². The van der Waals surface area contributed by atoms with Crippen LogP contribution in [0.15, 0.2) is 48.9 Å². The van der Waals surface area contributed by atoms with Crippen LogP contribution in [-0.2, 0) is 19.8 Å². The van der Waals surface area contributed by atoms with Crippen molar-refractivity contribution in [1.82, 2.24) is 24.3 Å². The molecule has 9 nitrogen and oxygen atoms in total. The highest BCUT2D eigenvalue weighted by Gasteiger charge is 2.35. The van der Waals surface area contributed by atoms with E-state index in [9.17, 15) is 18.0 Å². The van der Waals surface area contributed by atoms with Crippen LogP contribution in [0.1, 0.15) is 25.2 Å². The smallest absolute Gasteiger partial charge is 0.433 e. The van der Waals surface area contributed by atoms with Gasteiger partial charge in [-0.25, -0.2) is 14.8 Å². The number of aliphatic hydroxyl groups is 1. The lowest BCUT2D eigenvalue weighted by molar-refractivity contribution is -0.143. The first-order chi connectivity index (χ1) is 15.7. The zero-order chi connectivity index (χ0) is 24.2. The third-order valence-electron chi connectivity index (χ3n) is 4.37. The van der Waals surface area contributed by atoms with Crippen LogP contribution in [0.3, 0.4) is 0 Å². The normalized spacial score (nSPS) is 11.1. The fourth-order valence-electron chi connectivity index (χ4n) is 2.96. The van der Waals surface area contributed by atoms with Gasteiger partial charge in [-0.1, -0.05) is 13.8 Å². The van der Waals surface area contributed by atoms with Gasteiger partial charge in [-0.3, -0.25) is 14.6 Å². The Bertz CT molecular complexity index is 1270. The third-order valence-corrected chi connectivity index (χ3v) is 4.37. The molecule has 33 heavy (non-hydrogen) atoms. The van der Waals surface area contributed by atoms with Crippen molar-refractivity contribution < 1.29 is 27.8 Å². The Morgan fingerprint density at radius 3 is 2.58 bits per heavy atom. The molecule has 12 heteroatoms. The molecule has 4 rings (SSSR count). The molecule has 0 spiro atoms. The second-order valence-corrected chi connectivity index (χ2v) is 6.48. The molecule has 2 N–H and O–H groups in total. The van der Waals surface area contributed by atoms with E-state index in [0.717, 1.165) is 13.1 Å². The van der Waals surface area contributed by atoms with Crippen molar-refractivity contribution in [2.75, 3.05) is 5.32 Å². The molecule has 3 aromatic heterocycles. The van der Waals surface area contributed by atoms with Crippen LogP contribution in [0.5, 0.6) is 11.6 Å². The molecule has 0 aliphatic heterocycles. The van der Waals surface area contributed by atoms with Crippen molar-refractivity contribution >= 4 is 22.8 Å². The lowest BCUT2D eigenvalue weighted by Gasteiger charge is -2.07. The van der Waals surface area contributed by atoms with E-state index < -0.39 is 17.9 Å². The number of ether oxygens (including phenoxy) is 1. The average Bonchev–Trinajstić information content (AvgIpc) is 3.38. The van der Waals surface area contributed by atoms with Crippen LogP contribution in [0.4, 0.5) is 23.8 Å². The molecular formula is C21H21F3N6O3. The summed E-state index contributed by atoms with van der Waals surface area (Å²) in [5, 5.41) is 15.8. The maximum atomic E-state index is 12.9. The number of fused-ring (bicyclic) bond motifs is 1. The topological polar surface area (TPSA) is 107 Å². The molecule has 0 fully saturated rings. The molecule has 0 unspecified atom stereocenters. The zero-order valence-electron chi connectivity index (χ0n) is 18.0. The Balaban J connectivity index is 0.00000149. The van der Waals surface area contributed by atoms with Crippen LogP contribution in [0.2, 0.25) is 0 Å². The minimum atomic E-state index is -4.58. The highest BCUT2D eigenvalue weighted by molar-refractivity contribution is 5.98. The Labute approximate surface area is 186 Å². The number of carbonyl (C=O) groups is 1. The standard InChI is InChI=1S/C19H15F3N6O3.C2H6/c1-27-15(19(20,21)22)8-16(26-27)25-18(30)28-5-4-11-6-13(2-3-14(11)28)31-17-7-12(9-29)23-10-24-17;1-2/h2-8,10,29H,9H2,1H3,(H,25,26,30);1-2H3. The third kappa shape index (κ3) is 5.29. The van der Waals surface area contributed by atoms with Crippen molar-refractivity contribution in [2.45, 2.75) is 26.6 Å². The maximum Gasteiger partial charge on any atom is 0.433 e. The SMILES string of the molecule is CC.Cn1nc(NC(=O)n2ccc3cc(Oc4cc(CO)ncn4)ccc32)cc1C(F)(F)F. The van der Waals surface area contributed by atoms with Gasteiger partial charge < -0.3 is 9.84 Å². The average molecular weight is 462 g/mol. The highest BCUT2D eigenvalue weighted by Crippen LogP contribution is 2.30. The summed E-state index contributed by atoms with van der Waals surface area (Å²) >= 11 is 0. The Hall–Kier alpha value is -3.93. The molecule has 1 amide bonds. The lowest BCUT2D eigenvalue weighted by atomic mass is 10.2. The number of rotatable bonds is 4. The molecule has 1 aromatic carbocycles. The predicted molar refractivity (Wildman–Crippen MR) is 114 cm³/mol. The quantitative estimate of drug-likeness (QED) is 0.460.